The number of anilines is 1. The first-order valence-corrected chi connectivity index (χ1v) is 12.2. The van der Waals surface area contributed by atoms with Crippen LogP contribution in [0.25, 0.3) is 0 Å². The minimum atomic E-state index is -3.65. The number of nitrogens with one attached hydrogen (secondary N) is 1. The van der Waals surface area contributed by atoms with Crippen LogP contribution >= 0.6 is 0 Å². The van der Waals surface area contributed by atoms with Gasteiger partial charge in [0.05, 0.1) is 17.1 Å². The van der Waals surface area contributed by atoms with Gasteiger partial charge in [-0.25, -0.2) is 13.2 Å². The number of benzene rings is 2. The Labute approximate surface area is 190 Å². The summed E-state index contributed by atoms with van der Waals surface area (Å²) in [5.41, 5.74) is 1.24. The summed E-state index contributed by atoms with van der Waals surface area (Å²) in [6, 6.07) is 12.3. The van der Waals surface area contributed by atoms with Crippen LogP contribution in [0.5, 0.6) is 0 Å². The van der Waals surface area contributed by atoms with Crippen molar-refractivity contribution in [3.8, 4) is 0 Å². The van der Waals surface area contributed by atoms with E-state index in [0.29, 0.717) is 29.9 Å². The number of hydrogen-bond acceptors (Lipinski definition) is 5. The molecule has 0 spiro atoms. The third-order valence-electron chi connectivity index (χ3n) is 4.55. The maximum Gasteiger partial charge on any atom is 0.338 e. The average molecular weight is 461 g/mol. The second-order valence-corrected chi connectivity index (χ2v) is 10.3. The van der Waals surface area contributed by atoms with Gasteiger partial charge in [-0.05, 0) is 67.3 Å². The number of amides is 1. The molecule has 2 aromatic rings. The van der Waals surface area contributed by atoms with E-state index < -0.39 is 16.0 Å². The van der Waals surface area contributed by atoms with Gasteiger partial charge in [0.1, 0.15) is 0 Å². The molecule has 0 unspecified atom stereocenters. The lowest BCUT2D eigenvalue weighted by molar-refractivity contribution is 0.0526. The molecule has 0 fully saturated rings. The SMILES string of the molecule is CCOC(=O)c1ccc(NC(=O)c2ccc(S(=O)(=O)N(CC(C)C)CC(C)C)cc2)cc1. The second kappa shape index (κ2) is 11.2. The molecule has 32 heavy (non-hydrogen) atoms. The summed E-state index contributed by atoms with van der Waals surface area (Å²) < 4.78 is 32.6. The number of ether oxygens (including phenoxy) is 1. The maximum absolute atomic E-state index is 13.1. The van der Waals surface area contributed by atoms with Crippen LogP contribution in [-0.2, 0) is 14.8 Å². The van der Waals surface area contributed by atoms with Crippen molar-refractivity contribution in [1.29, 1.82) is 0 Å². The predicted molar refractivity (Wildman–Crippen MR) is 125 cm³/mol. The molecule has 0 bridgehead atoms. The number of esters is 1. The Balaban J connectivity index is 2.13. The zero-order valence-electron chi connectivity index (χ0n) is 19.3. The maximum atomic E-state index is 13.1. The van der Waals surface area contributed by atoms with E-state index in [2.05, 4.69) is 5.32 Å². The number of carbonyl (C=O) groups is 2. The van der Waals surface area contributed by atoms with Crippen molar-refractivity contribution in [2.24, 2.45) is 11.8 Å². The van der Waals surface area contributed by atoms with Crippen LogP contribution in [0, 0.1) is 11.8 Å². The minimum Gasteiger partial charge on any atom is -0.462 e. The molecule has 0 heterocycles. The first-order chi connectivity index (χ1) is 15.0. The Bertz CT molecular complexity index is 1000. The zero-order valence-corrected chi connectivity index (χ0v) is 20.1. The number of nitrogens with zero attached hydrogens (tertiary/aromatic N) is 1. The van der Waals surface area contributed by atoms with Crippen LogP contribution in [0.3, 0.4) is 0 Å². The third kappa shape index (κ3) is 6.90. The summed E-state index contributed by atoms with van der Waals surface area (Å²) >= 11 is 0. The number of carbonyl (C=O) groups excluding carboxylic acids is 2. The first-order valence-electron chi connectivity index (χ1n) is 10.7. The van der Waals surface area contributed by atoms with Crippen molar-refractivity contribution in [2.75, 3.05) is 25.0 Å². The highest BCUT2D eigenvalue weighted by molar-refractivity contribution is 7.89. The standard InChI is InChI=1S/C24H32N2O5S/c1-6-31-24(28)20-7-11-21(12-8-20)25-23(27)19-9-13-22(14-10-19)32(29,30)26(15-17(2)3)16-18(4)5/h7-14,17-18H,6,15-16H2,1-5H3,(H,25,27). The summed E-state index contributed by atoms with van der Waals surface area (Å²) in [6.07, 6.45) is 0. The summed E-state index contributed by atoms with van der Waals surface area (Å²) in [5, 5.41) is 2.74. The zero-order chi connectivity index (χ0) is 23.9. The molecule has 2 aromatic carbocycles. The van der Waals surface area contributed by atoms with Crippen LogP contribution in [0.1, 0.15) is 55.3 Å². The molecule has 174 valence electrons. The van der Waals surface area contributed by atoms with Crippen molar-refractivity contribution in [2.45, 2.75) is 39.5 Å². The molecule has 2 rings (SSSR count). The fourth-order valence-electron chi connectivity index (χ4n) is 3.12. The Morgan fingerprint density at radius 2 is 1.38 bits per heavy atom. The van der Waals surface area contributed by atoms with Crippen LogP contribution in [-0.4, -0.2) is 44.3 Å². The Kier molecular flexibility index (Phi) is 8.98. The van der Waals surface area contributed by atoms with Gasteiger partial charge in [-0.1, -0.05) is 27.7 Å². The third-order valence-corrected chi connectivity index (χ3v) is 6.39. The van der Waals surface area contributed by atoms with Gasteiger partial charge >= 0.3 is 5.97 Å². The molecule has 0 saturated carbocycles. The molecular formula is C24H32N2O5S. The monoisotopic (exact) mass is 460 g/mol. The molecule has 8 heteroatoms. The Morgan fingerprint density at radius 3 is 1.84 bits per heavy atom. The Hall–Kier alpha value is -2.71. The van der Waals surface area contributed by atoms with Gasteiger partial charge in [-0.2, -0.15) is 4.31 Å². The summed E-state index contributed by atoms with van der Waals surface area (Å²) in [5.74, 6) is -0.405. The topological polar surface area (TPSA) is 92.8 Å². The second-order valence-electron chi connectivity index (χ2n) is 8.39. The van der Waals surface area contributed by atoms with E-state index in [0.717, 1.165) is 0 Å². The van der Waals surface area contributed by atoms with Crippen molar-refractivity contribution in [3.63, 3.8) is 0 Å². The normalized spacial score (nSPS) is 11.8. The number of hydrogen-bond donors (Lipinski definition) is 1. The molecule has 0 aliphatic rings. The van der Waals surface area contributed by atoms with E-state index in [-0.39, 0.29) is 29.2 Å². The summed E-state index contributed by atoms with van der Waals surface area (Å²) in [4.78, 5) is 24.4. The van der Waals surface area contributed by atoms with E-state index in [1.165, 1.54) is 28.6 Å². The summed E-state index contributed by atoms with van der Waals surface area (Å²) in [7, 11) is -3.65. The molecule has 0 aromatic heterocycles. The molecular weight excluding hydrogens is 428 g/mol. The first kappa shape index (κ1) is 25.5. The highest BCUT2D eigenvalue weighted by atomic mass is 32.2. The quantitative estimate of drug-likeness (QED) is 0.530. The summed E-state index contributed by atoms with van der Waals surface area (Å²) in [6.45, 7) is 10.8. The van der Waals surface area contributed by atoms with Gasteiger partial charge in [0.2, 0.25) is 10.0 Å². The number of sulfonamides is 1. The van der Waals surface area contributed by atoms with Crippen LogP contribution in [0.4, 0.5) is 5.69 Å². The van der Waals surface area contributed by atoms with Crippen LogP contribution in [0.15, 0.2) is 53.4 Å². The molecule has 0 atom stereocenters. The van der Waals surface area contributed by atoms with Gasteiger partial charge in [-0.3, -0.25) is 4.79 Å². The molecule has 7 nitrogen and oxygen atoms in total. The van der Waals surface area contributed by atoms with Crippen molar-refractivity contribution in [1.82, 2.24) is 4.31 Å². The van der Waals surface area contributed by atoms with E-state index >= 15 is 0 Å². The minimum absolute atomic E-state index is 0.161. The van der Waals surface area contributed by atoms with Gasteiger partial charge in [0, 0.05) is 24.3 Å². The smallest absolute Gasteiger partial charge is 0.338 e. The lowest BCUT2D eigenvalue weighted by atomic mass is 10.2. The van der Waals surface area contributed by atoms with Gasteiger partial charge in [-0.15, -0.1) is 0 Å². The van der Waals surface area contributed by atoms with Gasteiger partial charge in [0.25, 0.3) is 5.91 Å². The fraction of sp³-hybridized carbons (Fsp3) is 0.417. The lowest BCUT2D eigenvalue weighted by Crippen LogP contribution is -2.37. The molecule has 0 radical (unpaired) electrons. The van der Waals surface area contributed by atoms with Crippen LogP contribution < -0.4 is 5.32 Å². The average Bonchev–Trinajstić information content (AvgIpc) is 2.73. The van der Waals surface area contributed by atoms with Crippen molar-refractivity contribution in [3.05, 3.63) is 59.7 Å². The number of rotatable bonds is 10. The highest BCUT2D eigenvalue weighted by Gasteiger charge is 2.26. The molecule has 0 aliphatic carbocycles. The molecule has 0 aliphatic heterocycles. The van der Waals surface area contributed by atoms with E-state index in [9.17, 15) is 18.0 Å². The molecule has 0 saturated heterocycles. The van der Waals surface area contributed by atoms with E-state index in [4.69, 9.17) is 4.74 Å². The largest absolute Gasteiger partial charge is 0.462 e. The van der Waals surface area contributed by atoms with Gasteiger partial charge < -0.3 is 10.1 Å². The Morgan fingerprint density at radius 1 is 0.875 bits per heavy atom. The van der Waals surface area contributed by atoms with E-state index in [1.54, 1.807) is 31.2 Å². The lowest BCUT2D eigenvalue weighted by Gasteiger charge is -2.25. The van der Waals surface area contributed by atoms with Crippen molar-refractivity contribution < 1.29 is 22.7 Å². The molecule has 1 amide bonds. The highest BCUT2D eigenvalue weighted by Crippen LogP contribution is 2.20. The van der Waals surface area contributed by atoms with Crippen LogP contribution in [0.2, 0.25) is 0 Å². The van der Waals surface area contributed by atoms with Gasteiger partial charge in [0.15, 0.2) is 0 Å². The fourth-order valence-corrected chi connectivity index (χ4v) is 4.89. The molecule has 1 N–H and O–H groups in total. The van der Waals surface area contributed by atoms with Crippen molar-refractivity contribution >= 4 is 27.6 Å². The van der Waals surface area contributed by atoms with E-state index in [1.807, 2.05) is 27.7 Å². The predicted octanol–water partition coefficient (Wildman–Crippen LogP) is 4.42.